The van der Waals surface area contributed by atoms with E-state index < -0.39 is 6.10 Å². The van der Waals surface area contributed by atoms with Crippen molar-refractivity contribution in [3.8, 4) is 5.75 Å². The van der Waals surface area contributed by atoms with Gasteiger partial charge in [-0.2, -0.15) is 0 Å². The van der Waals surface area contributed by atoms with Crippen LogP contribution in [0.25, 0.3) is 0 Å². The summed E-state index contributed by atoms with van der Waals surface area (Å²) in [6, 6.07) is 15.5. The number of carbonyl (C=O) groups excluding carboxylic acids is 2. The lowest BCUT2D eigenvalue weighted by Crippen LogP contribution is -2.50. The Morgan fingerprint density at radius 1 is 1.04 bits per heavy atom. The van der Waals surface area contributed by atoms with Crippen LogP contribution in [0.5, 0.6) is 5.75 Å². The van der Waals surface area contributed by atoms with Gasteiger partial charge in [0.15, 0.2) is 6.10 Å². The summed E-state index contributed by atoms with van der Waals surface area (Å²) < 4.78 is 5.82. The van der Waals surface area contributed by atoms with Crippen LogP contribution in [-0.4, -0.2) is 41.9 Å². The number of aryl methyl sites for hydroxylation is 1. The molecule has 2 aromatic carbocycles. The Bertz CT molecular complexity index is 831. The molecule has 4 rings (SSSR count). The van der Waals surface area contributed by atoms with Gasteiger partial charge >= 0.3 is 0 Å². The van der Waals surface area contributed by atoms with E-state index in [4.69, 9.17) is 4.74 Å². The number of hydrogen-bond donors (Lipinski definition) is 1. The first-order chi connectivity index (χ1) is 13.1. The minimum Gasteiger partial charge on any atom is -0.480 e. The van der Waals surface area contributed by atoms with E-state index in [2.05, 4.69) is 5.32 Å². The molecule has 2 amide bonds. The lowest BCUT2D eigenvalue weighted by atomic mass is 10.0. The van der Waals surface area contributed by atoms with Crippen molar-refractivity contribution in [2.45, 2.75) is 38.3 Å². The predicted molar refractivity (Wildman–Crippen MR) is 103 cm³/mol. The molecule has 2 heterocycles. The first-order valence-electron chi connectivity index (χ1n) is 9.51. The van der Waals surface area contributed by atoms with Crippen molar-refractivity contribution in [1.29, 1.82) is 0 Å². The fourth-order valence-corrected chi connectivity index (χ4v) is 3.86. The van der Waals surface area contributed by atoms with Crippen molar-refractivity contribution in [1.82, 2.24) is 10.2 Å². The fourth-order valence-electron chi connectivity index (χ4n) is 3.86. The van der Waals surface area contributed by atoms with E-state index in [1.165, 1.54) is 0 Å². The zero-order chi connectivity index (χ0) is 18.8. The maximum absolute atomic E-state index is 12.8. The van der Waals surface area contributed by atoms with Crippen LogP contribution in [0.4, 0.5) is 0 Å². The third-order valence-corrected chi connectivity index (χ3v) is 5.45. The molecule has 1 N–H and O–H groups in total. The second kappa shape index (κ2) is 7.43. The molecule has 0 aliphatic carbocycles. The largest absolute Gasteiger partial charge is 0.480 e. The summed E-state index contributed by atoms with van der Waals surface area (Å²) in [5.74, 6) is 0.832. The van der Waals surface area contributed by atoms with Crippen molar-refractivity contribution in [3.63, 3.8) is 0 Å². The molecule has 0 aromatic heterocycles. The van der Waals surface area contributed by atoms with Crippen LogP contribution in [-0.2, 0) is 11.2 Å². The number of likely N-dealkylation sites (tertiary alicyclic amines) is 1. The second-order valence-electron chi connectivity index (χ2n) is 7.31. The number of nitrogens with one attached hydrogen (secondary N) is 1. The summed E-state index contributed by atoms with van der Waals surface area (Å²) in [7, 11) is 0. The molecule has 1 fully saturated rings. The maximum atomic E-state index is 12.8. The maximum Gasteiger partial charge on any atom is 0.263 e. The molecule has 0 spiro atoms. The number of ether oxygens (including phenoxy) is 1. The summed E-state index contributed by atoms with van der Waals surface area (Å²) in [5.41, 5.74) is 2.78. The Balaban J connectivity index is 1.30. The summed E-state index contributed by atoms with van der Waals surface area (Å²) in [4.78, 5) is 27.1. The molecule has 2 aliphatic rings. The Morgan fingerprint density at radius 2 is 1.74 bits per heavy atom. The van der Waals surface area contributed by atoms with Crippen LogP contribution < -0.4 is 10.1 Å². The topological polar surface area (TPSA) is 58.6 Å². The van der Waals surface area contributed by atoms with Crippen molar-refractivity contribution in [3.05, 3.63) is 65.2 Å². The number of piperidine rings is 1. The predicted octanol–water partition coefficient (Wildman–Crippen LogP) is 2.72. The van der Waals surface area contributed by atoms with Gasteiger partial charge in [-0.15, -0.1) is 0 Å². The molecular weight excluding hydrogens is 340 g/mol. The lowest BCUT2D eigenvalue weighted by Gasteiger charge is -2.33. The number of para-hydroxylation sites is 1. The van der Waals surface area contributed by atoms with Crippen LogP contribution in [0.15, 0.2) is 48.5 Å². The Hall–Kier alpha value is -2.82. The minimum absolute atomic E-state index is 0.0348. The molecule has 140 valence electrons. The first kappa shape index (κ1) is 17.6. The van der Waals surface area contributed by atoms with E-state index in [0.29, 0.717) is 25.1 Å². The summed E-state index contributed by atoms with van der Waals surface area (Å²) in [6.45, 7) is 3.23. The standard InChI is InChI=1S/C22H24N2O3/c1-15-6-2-4-8-18(15)21(25)23-17-10-12-24(13-11-17)22(26)20-14-16-7-3-5-9-19(16)27-20/h2-9,17,20H,10-14H2,1H3,(H,23,25). The van der Waals surface area contributed by atoms with Gasteiger partial charge in [-0.25, -0.2) is 0 Å². The average Bonchev–Trinajstić information content (AvgIpc) is 3.12. The number of rotatable bonds is 3. The third kappa shape index (κ3) is 3.68. The highest BCUT2D eigenvalue weighted by atomic mass is 16.5. The molecule has 1 unspecified atom stereocenters. The first-order valence-corrected chi connectivity index (χ1v) is 9.51. The van der Waals surface area contributed by atoms with E-state index in [0.717, 1.165) is 29.7 Å². The monoisotopic (exact) mass is 364 g/mol. The molecule has 2 aromatic rings. The molecule has 1 saturated heterocycles. The number of carbonyl (C=O) groups is 2. The van der Waals surface area contributed by atoms with E-state index in [1.807, 2.05) is 60.4 Å². The highest BCUT2D eigenvalue weighted by molar-refractivity contribution is 5.95. The minimum atomic E-state index is -0.416. The van der Waals surface area contributed by atoms with E-state index >= 15 is 0 Å². The zero-order valence-corrected chi connectivity index (χ0v) is 15.5. The molecular formula is C22H24N2O3. The number of hydrogen-bond acceptors (Lipinski definition) is 3. The third-order valence-electron chi connectivity index (χ3n) is 5.45. The summed E-state index contributed by atoms with van der Waals surface area (Å²) in [5, 5.41) is 3.11. The van der Waals surface area contributed by atoms with E-state index in [1.54, 1.807) is 0 Å². The Morgan fingerprint density at radius 3 is 2.48 bits per heavy atom. The number of nitrogens with zero attached hydrogens (tertiary/aromatic N) is 1. The Kier molecular flexibility index (Phi) is 4.84. The highest BCUT2D eigenvalue weighted by Crippen LogP contribution is 2.29. The molecule has 0 bridgehead atoms. The van der Waals surface area contributed by atoms with E-state index in [-0.39, 0.29) is 17.9 Å². The number of benzene rings is 2. The van der Waals surface area contributed by atoms with Gasteiger partial charge in [0.1, 0.15) is 5.75 Å². The smallest absolute Gasteiger partial charge is 0.263 e. The van der Waals surface area contributed by atoms with Gasteiger partial charge in [0.25, 0.3) is 11.8 Å². The summed E-state index contributed by atoms with van der Waals surface area (Å²) >= 11 is 0. The summed E-state index contributed by atoms with van der Waals surface area (Å²) in [6.07, 6.45) is 1.76. The molecule has 1 atom stereocenters. The van der Waals surface area contributed by atoms with Gasteiger partial charge in [-0.3, -0.25) is 9.59 Å². The van der Waals surface area contributed by atoms with Gasteiger partial charge in [0.05, 0.1) is 0 Å². The molecule has 27 heavy (non-hydrogen) atoms. The van der Waals surface area contributed by atoms with Crippen LogP contribution in [0.2, 0.25) is 0 Å². The van der Waals surface area contributed by atoms with Crippen molar-refractivity contribution < 1.29 is 14.3 Å². The van der Waals surface area contributed by atoms with Crippen LogP contribution in [0, 0.1) is 6.92 Å². The molecule has 5 nitrogen and oxygen atoms in total. The van der Waals surface area contributed by atoms with Gasteiger partial charge in [0, 0.05) is 31.1 Å². The molecule has 5 heteroatoms. The normalized spacial score (nSPS) is 19.3. The Labute approximate surface area is 159 Å². The van der Waals surface area contributed by atoms with Crippen LogP contribution in [0.3, 0.4) is 0 Å². The van der Waals surface area contributed by atoms with Gasteiger partial charge in [-0.05, 0) is 43.0 Å². The zero-order valence-electron chi connectivity index (χ0n) is 15.5. The molecule has 0 radical (unpaired) electrons. The van der Waals surface area contributed by atoms with Crippen molar-refractivity contribution >= 4 is 11.8 Å². The van der Waals surface area contributed by atoms with Crippen molar-refractivity contribution in [2.75, 3.05) is 13.1 Å². The highest BCUT2D eigenvalue weighted by Gasteiger charge is 2.34. The molecule has 0 saturated carbocycles. The van der Waals surface area contributed by atoms with Crippen LogP contribution >= 0.6 is 0 Å². The number of fused-ring (bicyclic) bond motifs is 1. The van der Waals surface area contributed by atoms with Gasteiger partial charge in [0.2, 0.25) is 0 Å². The van der Waals surface area contributed by atoms with Crippen molar-refractivity contribution in [2.24, 2.45) is 0 Å². The van der Waals surface area contributed by atoms with Gasteiger partial charge < -0.3 is 15.0 Å². The quantitative estimate of drug-likeness (QED) is 0.911. The van der Waals surface area contributed by atoms with Gasteiger partial charge in [-0.1, -0.05) is 36.4 Å². The fraction of sp³-hybridized carbons (Fsp3) is 0.364. The van der Waals surface area contributed by atoms with E-state index in [9.17, 15) is 9.59 Å². The lowest BCUT2D eigenvalue weighted by molar-refractivity contribution is -0.139. The molecule has 2 aliphatic heterocycles. The van der Waals surface area contributed by atoms with Crippen LogP contribution in [0.1, 0.15) is 34.3 Å². The second-order valence-corrected chi connectivity index (χ2v) is 7.31. The average molecular weight is 364 g/mol. The number of amides is 2. The SMILES string of the molecule is Cc1ccccc1C(=O)NC1CCN(C(=O)C2Cc3ccccc3O2)CC1.